The highest BCUT2D eigenvalue weighted by Gasteiger charge is 2.32. The fourth-order valence-corrected chi connectivity index (χ4v) is 3.43. The lowest BCUT2D eigenvalue weighted by Gasteiger charge is -2.37. The molecule has 1 aliphatic carbocycles. The van der Waals surface area contributed by atoms with Crippen LogP contribution < -0.4 is 5.32 Å². The van der Waals surface area contributed by atoms with Crippen molar-refractivity contribution in [3.8, 4) is 0 Å². The minimum atomic E-state index is 0.432. The minimum Gasteiger partial charge on any atom is -0.312 e. The molecule has 1 heteroatoms. The van der Waals surface area contributed by atoms with Gasteiger partial charge in [-0.1, -0.05) is 61.9 Å². The van der Waals surface area contributed by atoms with Crippen molar-refractivity contribution in [1.29, 1.82) is 0 Å². The number of hydrogen-bond acceptors (Lipinski definition) is 1. The fraction of sp³-hybridized carbons (Fsp3) is 0.368. The predicted octanol–water partition coefficient (Wildman–Crippen LogP) is 4.24. The summed E-state index contributed by atoms with van der Waals surface area (Å²) in [7, 11) is 2.08. The first-order valence-electron chi connectivity index (χ1n) is 7.67. The highest BCUT2D eigenvalue weighted by molar-refractivity contribution is 5.43. The van der Waals surface area contributed by atoms with Crippen molar-refractivity contribution in [3.63, 3.8) is 0 Å². The van der Waals surface area contributed by atoms with E-state index in [0.29, 0.717) is 12.0 Å². The Morgan fingerprint density at radius 2 is 2.00 bits per heavy atom. The predicted molar refractivity (Wildman–Crippen MR) is 85.1 cm³/mol. The first-order chi connectivity index (χ1) is 9.83. The SMILES string of the molecule is CCCc1cccc(C(NC)C2Cc3ccccc32)c1. The van der Waals surface area contributed by atoms with E-state index in [2.05, 4.69) is 67.8 Å². The van der Waals surface area contributed by atoms with Gasteiger partial charge in [0.2, 0.25) is 0 Å². The molecule has 0 fully saturated rings. The maximum atomic E-state index is 3.53. The van der Waals surface area contributed by atoms with Crippen LogP contribution in [0.2, 0.25) is 0 Å². The van der Waals surface area contributed by atoms with E-state index in [9.17, 15) is 0 Å². The molecule has 0 bridgehead atoms. The van der Waals surface area contributed by atoms with Crippen LogP contribution in [0.5, 0.6) is 0 Å². The number of rotatable bonds is 5. The molecule has 2 atom stereocenters. The second-order valence-electron chi connectivity index (χ2n) is 5.77. The van der Waals surface area contributed by atoms with Gasteiger partial charge in [0.1, 0.15) is 0 Å². The average molecular weight is 265 g/mol. The van der Waals surface area contributed by atoms with Gasteiger partial charge in [0, 0.05) is 12.0 Å². The molecule has 2 aromatic rings. The summed E-state index contributed by atoms with van der Waals surface area (Å²) in [6.07, 6.45) is 3.57. The number of aryl methyl sites for hydroxylation is 1. The van der Waals surface area contributed by atoms with Crippen molar-refractivity contribution in [3.05, 3.63) is 70.8 Å². The number of fused-ring (bicyclic) bond motifs is 1. The van der Waals surface area contributed by atoms with Crippen molar-refractivity contribution < 1.29 is 0 Å². The summed E-state index contributed by atoms with van der Waals surface area (Å²) < 4.78 is 0. The van der Waals surface area contributed by atoms with Gasteiger partial charge in [-0.05, 0) is 42.1 Å². The fourth-order valence-electron chi connectivity index (χ4n) is 3.43. The Morgan fingerprint density at radius 3 is 2.75 bits per heavy atom. The molecule has 1 N–H and O–H groups in total. The van der Waals surface area contributed by atoms with Gasteiger partial charge in [-0.15, -0.1) is 0 Å². The molecule has 3 rings (SSSR count). The molecule has 1 nitrogen and oxygen atoms in total. The van der Waals surface area contributed by atoms with Gasteiger partial charge in [-0.2, -0.15) is 0 Å². The molecule has 0 radical (unpaired) electrons. The van der Waals surface area contributed by atoms with Gasteiger partial charge in [-0.25, -0.2) is 0 Å². The van der Waals surface area contributed by atoms with Gasteiger partial charge in [0.05, 0.1) is 0 Å². The zero-order chi connectivity index (χ0) is 13.9. The summed E-state index contributed by atoms with van der Waals surface area (Å²) in [4.78, 5) is 0. The van der Waals surface area contributed by atoms with E-state index < -0.39 is 0 Å². The molecule has 0 aliphatic heterocycles. The van der Waals surface area contributed by atoms with Gasteiger partial charge >= 0.3 is 0 Å². The van der Waals surface area contributed by atoms with Crippen LogP contribution in [-0.4, -0.2) is 7.05 Å². The van der Waals surface area contributed by atoms with Crippen molar-refractivity contribution >= 4 is 0 Å². The molecule has 0 spiro atoms. The Kier molecular flexibility index (Phi) is 3.88. The highest BCUT2D eigenvalue weighted by atomic mass is 14.9. The molecule has 0 saturated heterocycles. The van der Waals surface area contributed by atoms with Crippen LogP contribution in [0.4, 0.5) is 0 Å². The van der Waals surface area contributed by atoms with Crippen LogP contribution >= 0.6 is 0 Å². The Labute approximate surface area is 122 Å². The highest BCUT2D eigenvalue weighted by Crippen LogP contribution is 2.43. The zero-order valence-electron chi connectivity index (χ0n) is 12.4. The smallest absolute Gasteiger partial charge is 0.0390 e. The van der Waals surface area contributed by atoms with Crippen molar-refractivity contribution in [2.45, 2.75) is 38.1 Å². The van der Waals surface area contributed by atoms with E-state index in [-0.39, 0.29) is 0 Å². The van der Waals surface area contributed by atoms with Crippen LogP contribution in [0.1, 0.15) is 47.6 Å². The van der Waals surface area contributed by atoms with Crippen LogP contribution in [0, 0.1) is 0 Å². The molecular formula is C19H23N. The Morgan fingerprint density at radius 1 is 1.15 bits per heavy atom. The first-order valence-corrected chi connectivity index (χ1v) is 7.67. The third kappa shape index (κ3) is 2.38. The standard InChI is InChI=1S/C19H23N/c1-3-7-14-8-6-10-16(12-14)19(20-2)18-13-15-9-4-5-11-17(15)18/h4-6,8-12,18-20H,3,7,13H2,1-2H3. The lowest BCUT2D eigenvalue weighted by Crippen LogP contribution is -2.31. The minimum absolute atomic E-state index is 0.432. The summed E-state index contributed by atoms with van der Waals surface area (Å²) in [5, 5.41) is 3.53. The maximum absolute atomic E-state index is 3.53. The second-order valence-corrected chi connectivity index (χ2v) is 5.77. The van der Waals surface area contributed by atoms with Crippen molar-refractivity contribution in [2.24, 2.45) is 0 Å². The van der Waals surface area contributed by atoms with Crippen LogP contribution in [0.15, 0.2) is 48.5 Å². The quantitative estimate of drug-likeness (QED) is 0.852. The molecule has 0 amide bonds. The van der Waals surface area contributed by atoms with Gasteiger partial charge in [-0.3, -0.25) is 0 Å². The van der Waals surface area contributed by atoms with Crippen molar-refractivity contribution in [2.75, 3.05) is 7.05 Å². The van der Waals surface area contributed by atoms with E-state index in [4.69, 9.17) is 0 Å². The number of nitrogens with one attached hydrogen (secondary N) is 1. The van der Waals surface area contributed by atoms with Crippen molar-refractivity contribution in [1.82, 2.24) is 5.32 Å². The molecule has 0 heterocycles. The lowest BCUT2D eigenvalue weighted by molar-refractivity contribution is 0.438. The first kappa shape index (κ1) is 13.4. The Bertz CT molecular complexity index is 588. The largest absolute Gasteiger partial charge is 0.312 e. The zero-order valence-corrected chi connectivity index (χ0v) is 12.4. The van der Waals surface area contributed by atoms with Gasteiger partial charge in [0.15, 0.2) is 0 Å². The molecule has 2 aromatic carbocycles. The topological polar surface area (TPSA) is 12.0 Å². The van der Waals surface area contributed by atoms with Gasteiger partial charge in [0.25, 0.3) is 0 Å². The molecule has 104 valence electrons. The number of benzene rings is 2. The number of hydrogen-bond donors (Lipinski definition) is 1. The normalized spacial score (nSPS) is 18.2. The third-order valence-electron chi connectivity index (χ3n) is 4.46. The summed E-state index contributed by atoms with van der Waals surface area (Å²) in [6.45, 7) is 2.24. The maximum Gasteiger partial charge on any atom is 0.0390 e. The third-order valence-corrected chi connectivity index (χ3v) is 4.46. The molecular weight excluding hydrogens is 242 g/mol. The average Bonchev–Trinajstić information content (AvgIpc) is 2.45. The summed E-state index contributed by atoms with van der Waals surface area (Å²) >= 11 is 0. The number of likely N-dealkylation sites (N-methyl/N-ethyl adjacent to an activating group) is 1. The van der Waals surface area contributed by atoms with E-state index in [1.54, 1.807) is 0 Å². The van der Waals surface area contributed by atoms with Crippen LogP contribution in [0.25, 0.3) is 0 Å². The van der Waals surface area contributed by atoms with Crippen LogP contribution in [-0.2, 0) is 12.8 Å². The lowest BCUT2D eigenvalue weighted by atomic mass is 9.71. The molecule has 0 saturated carbocycles. The van der Waals surface area contributed by atoms with Crippen LogP contribution in [0.3, 0.4) is 0 Å². The summed E-state index contributed by atoms with van der Waals surface area (Å²) in [6, 6.07) is 18.4. The molecule has 20 heavy (non-hydrogen) atoms. The summed E-state index contributed by atoms with van der Waals surface area (Å²) in [5.74, 6) is 0.619. The molecule has 0 aromatic heterocycles. The second kappa shape index (κ2) is 5.80. The van der Waals surface area contributed by atoms with Gasteiger partial charge < -0.3 is 5.32 Å². The van der Waals surface area contributed by atoms with E-state index in [1.807, 2.05) is 0 Å². The van der Waals surface area contributed by atoms with E-state index in [0.717, 1.165) is 0 Å². The summed E-state index contributed by atoms with van der Waals surface area (Å²) in [5.41, 5.74) is 5.92. The van der Waals surface area contributed by atoms with E-state index >= 15 is 0 Å². The van der Waals surface area contributed by atoms with E-state index in [1.165, 1.54) is 41.5 Å². The molecule has 2 unspecified atom stereocenters. The monoisotopic (exact) mass is 265 g/mol. The Hall–Kier alpha value is -1.60. The Balaban J connectivity index is 1.86. The molecule has 1 aliphatic rings.